The number of esters is 1. The van der Waals surface area contributed by atoms with Gasteiger partial charge in [-0.1, -0.05) is 36.4 Å². The number of halogens is 6. The Morgan fingerprint density at radius 3 is 1.65 bits per heavy atom. The zero-order valence-corrected chi connectivity index (χ0v) is 18.2. The summed E-state index contributed by atoms with van der Waals surface area (Å²) in [5.41, 5.74) is -3.68. The van der Waals surface area contributed by atoms with Crippen LogP contribution in [0.25, 0.3) is 0 Å². The van der Waals surface area contributed by atoms with E-state index >= 15 is 0 Å². The summed E-state index contributed by atoms with van der Waals surface area (Å²) in [6.45, 7) is 0. The van der Waals surface area contributed by atoms with Crippen molar-refractivity contribution in [2.45, 2.75) is 43.2 Å². The van der Waals surface area contributed by atoms with E-state index in [1.807, 2.05) is 7.85 Å². The van der Waals surface area contributed by atoms with Gasteiger partial charge in [-0.05, 0) is 17.2 Å². The van der Waals surface area contributed by atoms with Gasteiger partial charge in [0.1, 0.15) is 37.1 Å². The van der Waals surface area contributed by atoms with Gasteiger partial charge in [-0.15, -0.1) is 0 Å². The van der Waals surface area contributed by atoms with Crippen LogP contribution in [0.15, 0.2) is 6.07 Å². The van der Waals surface area contributed by atoms with Crippen LogP contribution in [0.2, 0.25) is 0 Å². The lowest BCUT2D eigenvalue weighted by Crippen LogP contribution is -2.63. The quantitative estimate of drug-likeness (QED) is 0.232. The molecule has 0 aliphatic rings. The molecule has 1 aromatic carbocycles. The molecular formula is C15H20B4F6O5S. The summed E-state index contributed by atoms with van der Waals surface area (Å²) in [7, 11) is 1.01. The predicted molar refractivity (Wildman–Crippen MR) is 112 cm³/mol. The monoisotopic (exact) mass is 470 g/mol. The summed E-state index contributed by atoms with van der Waals surface area (Å²) >= 11 is 0. The smallest absolute Gasteiger partial charge is 0.435 e. The molecule has 0 aliphatic heterocycles. The minimum Gasteiger partial charge on any atom is -0.435 e. The molecule has 0 radical (unpaired) electrons. The third-order valence-electron chi connectivity index (χ3n) is 4.99. The van der Waals surface area contributed by atoms with Crippen LogP contribution in [0, 0.1) is 0 Å². The second kappa shape index (κ2) is 9.51. The first-order valence-corrected chi connectivity index (χ1v) is 11.1. The minimum absolute atomic E-state index is 0.119. The van der Waals surface area contributed by atoms with Crippen LogP contribution in [-0.4, -0.2) is 74.0 Å². The summed E-state index contributed by atoms with van der Waals surface area (Å²) in [5, 5.41) is 0. The van der Waals surface area contributed by atoms with Crippen molar-refractivity contribution in [3.05, 3.63) is 33.9 Å². The lowest BCUT2D eigenvalue weighted by Gasteiger charge is -2.35. The SMILES string of the molecule is BCc1cc(C(=O)OC(CS(=O)(=O)O)(C(F)(F)F)C(F)(F)F)c(CB)c(CB)c1CB. The molecule has 170 valence electrons. The van der Waals surface area contributed by atoms with Gasteiger partial charge in [-0.2, -0.15) is 34.8 Å². The number of hydrogen-bond donors (Lipinski definition) is 1. The molecule has 0 atom stereocenters. The highest BCUT2D eigenvalue weighted by Gasteiger charge is 2.76. The van der Waals surface area contributed by atoms with Crippen molar-refractivity contribution in [2.24, 2.45) is 0 Å². The molecular weight excluding hydrogens is 449 g/mol. The number of carbonyl (C=O) groups is 1. The van der Waals surface area contributed by atoms with E-state index in [0.29, 0.717) is 30.1 Å². The van der Waals surface area contributed by atoms with Gasteiger partial charge in [0.05, 0.1) is 5.56 Å². The Bertz CT molecular complexity index is 919. The molecule has 0 unspecified atom stereocenters. The minimum atomic E-state index is -6.37. The van der Waals surface area contributed by atoms with Crippen molar-refractivity contribution in [1.29, 1.82) is 0 Å². The molecule has 0 fully saturated rings. The van der Waals surface area contributed by atoms with E-state index < -0.39 is 45.4 Å². The standard InChI is InChI=1S/C15H20B4F6O5S/c16-2-7-1-8(10(4-18)11(5-19)9(7)3-17)12(26)30-13(14(20,21)22,15(23,24)25)6-31(27,28)29/h1H,2-6,16-19H2,(H,27,28,29). The van der Waals surface area contributed by atoms with Crippen LogP contribution in [0.5, 0.6) is 0 Å². The predicted octanol–water partition coefficient (Wildman–Crippen LogP) is -0.873. The Balaban J connectivity index is 3.81. The number of alkyl halides is 6. The molecule has 0 heterocycles. The van der Waals surface area contributed by atoms with Gasteiger partial charge in [-0.3, -0.25) is 4.55 Å². The van der Waals surface area contributed by atoms with E-state index in [0.717, 1.165) is 5.56 Å². The highest BCUT2D eigenvalue weighted by molar-refractivity contribution is 7.85. The number of benzene rings is 1. The van der Waals surface area contributed by atoms with Crippen LogP contribution >= 0.6 is 0 Å². The van der Waals surface area contributed by atoms with Gasteiger partial charge < -0.3 is 4.74 Å². The molecule has 0 bridgehead atoms. The summed E-state index contributed by atoms with van der Waals surface area (Å²) < 4.78 is 116. The molecule has 0 spiro atoms. The first kappa shape index (κ1) is 27.5. The van der Waals surface area contributed by atoms with E-state index in [1.54, 1.807) is 23.5 Å². The Hall–Kier alpha value is -1.56. The van der Waals surface area contributed by atoms with Gasteiger partial charge in [0.25, 0.3) is 10.1 Å². The molecule has 1 rings (SSSR count). The van der Waals surface area contributed by atoms with E-state index in [2.05, 4.69) is 4.74 Å². The van der Waals surface area contributed by atoms with Crippen LogP contribution in [0.3, 0.4) is 0 Å². The Labute approximate surface area is 179 Å². The number of rotatable bonds is 8. The van der Waals surface area contributed by atoms with Crippen LogP contribution in [-0.2, 0) is 40.1 Å². The third kappa shape index (κ3) is 5.63. The maximum Gasteiger partial charge on any atom is 0.438 e. The van der Waals surface area contributed by atoms with Crippen LogP contribution in [0.1, 0.15) is 32.6 Å². The van der Waals surface area contributed by atoms with Crippen LogP contribution < -0.4 is 0 Å². The second-order valence-corrected chi connectivity index (χ2v) is 8.32. The van der Waals surface area contributed by atoms with Crippen molar-refractivity contribution in [3.8, 4) is 0 Å². The van der Waals surface area contributed by atoms with Crippen molar-refractivity contribution in [2.75, 3.05) is 5.75 Å². The van der Waals surface area contributed by atoms with Crippen molar-refractivity contribution in [1.82, 2.24) is 0 Å². The first-order valence-electron chi connectivity index (χ1n) is 9.47. The lowest BCUT2D eigenvalue weighted by molar-refractivity contribution is -0.356. The lowest BCUT2D eigenvalue weighted by atomic mass is 9.74. The molecule has 16 heteroatoms. The van der Waals surface area contributed by atoms with E-state index in [1.165, 1.54) is 6.07 Å². The Morgan fingerprint density at radius 2 is 1.32 bits per heavy atom. The average molecular weight is 470 g/mol. The molecule has 0 amide bonds. The highest BCUT2D eigenvalue weighted by atomic mass is 32.2. The largest absolute Gasteiger partial charge is 0.438 e. The molecule has 0 saturated heterocycles. The van der Waals surface area contributed by atoms with Gasteiger partial charge in [-0.25, -0.2) is 4.79 Å². The first-order chi connectivity index (χ1) is 14.0. The molecule has 0 saturated carbocycles. The number of ether oxygens (including phenoxy) is 1. The fourth-order valence-corrected chi connectivity index (χ4v) is 4.50. The number of carbonyl (C=O) groups excluding carboxylic acids is 1. The van der Waals surface area contributed by atoms with Crippen molar-refractivity contribution >= 4 is 47.5 Å². The van der Waals surface area contributed by atoms with Crippen molar-refractivity contribution in [3.63, 3.8) is 0 Å². The average Bonchev–Trinajstić information content (AvgIpc) is 2.62. The number of hydrogen-bond acceptors (Lipinski definition) is 4. The van der Waals surface area contributed by atoms with Gasteiger partial charge in [0, 0.05) is 0 Å². The molecule has 31 heavy (non-hydrogen) atoms. The summed E-state index contributed by atoms with van der Waals surface area (Å²) in [6.07, 6.45) is -11.4. The Kier molecular flexibility index (Phi) is 8.43. The molecule has 5 nitrogen and oxygen atoms in total. The Morgan fingerprint density at radius 1 is 0.871 bits per heavy atom. The zero-order valence-electron chi connectivity index (χ0n) is 17.4. The van der Waals surface area contributed by atoms with Gasteiger partial charge in [0.2, 0.25) is 0 Å². The van der Waals surface area contributed by atoms with E-state index in [9.17, 15) is 39.6 Å². The fraction of sp³-hybridized carbons (Fsp3) is 0.533. The van der Waals surface area contributed by atoms with Crippen molar-refractivity contribution < 1.29 is 48.8 Å². The maximum absolute atomic E-state index is 13.5. The summed E-state index contributed by atoms with van der Waals surface area (Å²) in [5.74, 6) is -4.88. The third-order valence-corrected chi connectivity index (χ3v) is 5.76. The summed E-state index contributed by atoms with van der Waals surface area (Å²) in [6, 6.07) is 1.18. The molecule has 1 aromatic rings. The summed E-state index contributed by atoms with van der Waals surface area (Å²) in [4.78, 5) is 12.7. The topological polar surface area (TPSA) is 80.7 Å². The molecule has 0 aromatic heterocycles. The second-order valence-electron chi connectivity index (χ2n) is 6.87. The zero-order chi connectivity index (χ0) is 24.4. The van der Waals surface area contributed by atoms with Gasteiger partial charge >= 0.3 is 23.9 Å². The molecule has 1 N–H and O–H groups in total. The normalized spacial score (nSPS) is 13.3. The fourth-order valence-electron chi connectivity index (χ4n) is 3.60. The van der Waals surface area contributed by atoms with Crippen LogP contribution in [0.4, 0.5) is 26.3 Å². The highest BCUT2D eigenvalue weighted by Crippen LogP contribution is 2.47. The van der Waals surface area contributed by atoms with E-state index in [-0.39, 0.29) is 11.9 Å². The molecule has 0 aliphatic carbocycles. The van der Waals surface area contributed by atoms with Gasteiger partial charge in [0.15, 0.2) is 0 Å². The maximum atomic E-state index is 13.5. The van der Waals surface area contributed by atoms with E-state index in [4.69, 9.17) is 4.55 Å².